The number of imidazole rings is 1. The number of hydrogen-bond donors (Lipinski definition) is 2. The average Bonchev–Trinajstić information content (AvgIpc) is 3.06. The minimum absolute atomic E-state index is 0.0366. The van der Waals surface area contributed by atoms with Gasteiger partial charge >= 0.3 is 0 Å². The molecule has 0 aliphatic carbocycles. The Kier molecular flexibility index (Phi) is 5.72. The van der Waals surface area contributed by atoms with Gasteiger partial charge in [-0.25, -0.2) is 15.0 Å². The Balaban J connectivity index is 1.98. The van der Waals surface area contributed by atoms with Gasteiger partial charge < -0.3 is 20.5 Å². The van der Waals surface area contributed by atoms with E-state index in [1.807, 2.05) is 22.9 Å². The number of nitrogen functional groups attached to an aromatic ring is 1. The van der Waals surface area contributed by atoms with Crippen molar-refractivity contribution in [1.82, 2.24) is 19.5 Å². The molecular weight excluding hydrogens is 294 g/mol. The van der Waals surface area contributed by atoms with E-state index in [2.05, 4.69) is 20.3 Å². The molecule has 0 aromatic carbocycles. The molecule has 118 valence electrons. The van der Waals surface area contributed by atoms with Crippen LogP contribution in [0.2, 0.25) is 0 Å². The highest BCUT2D eigenvalue weighted by atomic mass is 15.2. The van der Waals surface area contributed by atoms with Crippen LogP contribution >= 0.6 is 0 Å². The molecule has 2 rings (SSSR count). The quantitative estimate of drug-likeness (QED) is 0.535. The highest BCUT2D eigenvalue weighted by molar-refractivity contribution is 5.75. The minimum Gasteiger partial charge on any atom is -0.393 e. The van der Waals surface area contributed by atoms with E-state index in [4.69, 9.17) is 16.3 Å². The fraction of sp³-hybridized carbons (Fsp3) is 0.357. The number of aryl methyl sites for hydroxylation is 1. The van der Waals surface area contributed by atoms with Gasteiger partial charge in [0.25, 0.3) is 0 Å². The van der Waals surface area contributed by atoms with Crippen LogP contribution in [0.3, 0.4) is 0 Å². The highest BCUT2D eigenvalue weighted by Crippen LogP contribution is 2.25. The summed E-state index contributed by atoms with van der Waals surface area (Å²) >= 11 is 0. The summed E-state index contributed by atoms with van der Waals surface area (Å²) in [5, 5.41) is 20.8. The van der Waals surface area contributed by atoms with E-state index in [0.29, 0.717) is 23.9 Å². The molecule has 0 atom stereocenters. The van der Waals surface area contributed by atoms with Crippen molar-refractivity contribution in [1.29, 1.82) is 10.5 Å². The normalized spacial score (nSPS) is 9.83. The van der Waals surface area contributed by atoms with Crippen LogP contribution in [0.5, 0.6) is 0 Å². The number of rotatable bonds is 8. The number of hydrogen-bond acceptors (Lipinski definition) is 8. The van der Waals surface area contributed by atoms with Crippen LogP contribution in [0.25, 0.3) is 0 Å². The molecule has 23 heavy (non-hydrogen) atoms. The lowest BCUT2D eigenvalue weighted by Crippen LogP contribution is -2.26. The summed E-state index contributed by atoms with van der Waals surface area (Å²) in [5.74, 6) is 0.890. The first-order chi connectivity index (χ1) is 11.3. The first-order valence-electron chi connectivity index (χ1n) is 7.05. The molecule has 0 saturated heterocycles. The summed E-state index contributed by atoms with van der Waals surface area (Å²) in [7, 11) is 0. The maximum absolute atomic E-state index is 8.84. The summed E-state index contributed by atoms with van der Waals surface area (Å²) in [5.41, 5.74) is 6.39. The lowest BCUT2D eigenvalue weighted by atomic mass is 10.3. The number of nitrogens with one attached hydrogen (secondary N) is 1. The molecule has 3 N–H and O–H groups in total. The van der Waals surface area contributed by atoms with Crippen LogP contribution < -0.4 is 16.0 Å². The van der Waals surface area contributed by atoms with Gasteiger partial charge in [-0.15, -0.1) is 0 Å². The van der Waals surface area contributed by atoms with Gasteiger partial charge in [-0.3, -0.25) is 0 Å². The summed E-state index contributed by atoms with van der Waals surface area (Å²) in [6, 6.07) is 3.99. The number of nitrogens with zero attached hydrogens (tertiary/aromatic N) is 7. The van der Waals surface area contributed by atoms with E-state index < -0.39 is 0 Å². The molecule has 0 amide bonds. The lowest BCUT2D eigenvalue weighted by molar-refractivity contribution is 0.660. The predicted octanol–water partition coefficient (Wildman–Crippen LogP) is 0.611. The second-order valence-electron chi connectivity index (χ2n) is 4.71. The van der Waals surface area contributed by atoms with Crippen molar-refractivity contribution < 1.29 is 0 Å². The zero-order valence-corrected chi connectivity index (χ0v) is 12.6. The third-order valence-corrected chi connectivity index (χ3v) is 3.13. The maximum atomic E-state index is 8.84. The van der Waals surface area contributed by atoms with Crippen molar-refractivity contribution in [2.24, 2.45) is 0 Å². The lowest BCUT2D eigenvalue weighted by Gasteiger charge is -2.19. The van der Waals surface area contributed by atoms with Crippen molar-refractivity contribution in [2.45, 2.75) is 13.0 Å². The van der Waals surface area contributed by atoms with Crippen molar-refractivity contribution in [3.8, 4) is 12.1 Å². The number of anilines is 3. The average molecular weight is 311 g/mol. The van der Waals surface area contributed by atoms with Gasteiger partial charge in [0.05, 0.1) is 18.5 Å². The van der Waals surface area contributed by atoms with Crippen molar-refractivity contribution >= 4 is 17.3 Å². The second kappa shape index (κ2) is 8.20. The Bertz CT molecular complexity index is 680. The monoisotopic (exact) mass is 311 g/mol. The van der Waals surface area contributed by atoms with Crippen molar-refractivity contribution in [2.75, 3.05) is 35.6 Å². The fourth-order valence-corrected chi connectivity index (χ4v) is 2.04. The molecule has 2 heterocycles. The zero-order valence-electron chi connectivity index (χ0n) is 12.6. The van der Waals surface area contributed by atoms with E-state index in [1.165, 1.54) is 11.2 Å². The molecule has 9 nitrogen and oxygen atoms in total. The fourth-order valence-electron chi connectivity index (χ4n) is 2.04. The van der Waals surface area contributed by atoms with Gasteiger partial charge in [0.2, 0.25) is 0 Å². The van der Waals surface area contributed by atoms with Gasteiger partial charge in [0.15, 0.2) is 11.6 Å². The molecule has 0 bridgehead atoms. The Labute approximate surface area is 134 Å². The van der Waals surface area contributed by atoms with Crippen LogP contribution in [-0.2, 0) is 6.54 Å². The summed E-state index contributed by atoms with van der Waals surface area (Å²) in [4.78, 5) is 13.7. The first kappa shape index (κ1) is 16.0. The molecule has 9 heteroatoms. The summed E-state index contributed by atoms with van der Waals surface area (Å²) in [6.45, 7) is 1.58. The van der Waals surface area contributed by atoms with Gasteiger partial charge in [0, 0.05) is 25.5 Å². The molecule has 2 aromatic rings. The Morgan fingerprint density at radius 3 is 2.70 bits per heavy atom. The Morgan fingerprint density at radius 2 is 2.04 bits per heavy atom. The van der Waals surface area contributed by atoms with Crippen molar-refractivity contribution in [3.63, 3.8) is 0 Å². The largest absolute Gasteiger partial charge is 0.393 e. The first-order valence-corrected chi connectivity index (χ1v) is 7.05. The molecule has 0 unspecified atom stereocenters. The Hall–Kier alpha value is -3.33. The molecule has 0 spiro atoms. The molecule has 0 aliphatic rings. The highest BCUT2D eigenvalue weighted by Gasteiger charge is 2.14. The van der Waals surface area contributed by atoms with Crippen LogP contribution in [0.4, 0.5) is 17.3 Å². The smallest absolute Gasteiger partial charge is 0.159 e. The molecule has 0 fully saturated rings. The number of aromatic nitrogens is 4. The standard InChI is InChI=1S/C14H17N9/c15-2-7-23(8-3-16)14-12(17)13(20-10-21-14)19-4-1-6-22-9-5-18-11-22/h5,9-11H,1,4,6-8,17H2,(H,19,20,21). The molecule has 0 saturated carbocycles. The topological polar surface area (TPSA) is 132 Å². The zero-order chi connectivity index (χ0) is 16.5. The van der Waals surface area contributed by atoms with E-state index in [-0.39, 0.29) is 13.1 Å². The van der Waals surface area contributed by atoms with Gasteiger partial charge in [-0.1, -0.05) is 0 Å². The van der Waals surface area contributed by atoms with E-state index in [0.717, 1.165) is 13.0 Å². The Morgan fingerprint density at radius 1 is 1.26 bits per heavy atom. The molecular formula is C14H17N9. The van der Waals surface area contributed by atoms with E-state index in [9.17, 15) is 0 Å². The third-order valence-electron chi connectivity index (χ3n) is 3.13. The minimum atomic E-state index is 0.0366. The summed E-state index contributed by atoms with van der Waals surface area (Å²) < 4.78 is 1.98. The van der Waals surface area contributed by atoms with E-state index >= 15 is 0 Å². The SMILES string of the molecule is N#CCN(CC#N)c1ncnc(NCCCn2ccnc2)c1N. The van der Waals surface area contributed by atoms with E-state index in [1.54, 1.807) is 12.5 Å². The number of nitrogens with two attached hydrogens (primary N) is 1. The van der Waals surface area contributed by atoms with Gasteiger partial charge in [0.1, 0.15) is 25.1 Å². The summed E-state index contributed by atoms with van der Waals surface area (Å²) in [6.07, 6.45) is 7.64. The predicted molar refractivity (Wildman–Crippen MR) is 85.2 cm³/mol. The van der Waals surface area contributed by atoms with Crippen LogP contribution in [0, 0.1) is 22.7 Å². The maximum Gasteiger partial charge on any atom is 0.159 e. The second-order valence-corrected chi connectivity index (χ2v) is 4.71. The van der Waals surface area contributed by atoms with Crippen LogP contribution in [0.1, 0.15) is 6.42 Å². The third kappa shape index (κ3) is 4.32. The van der Waals surface area contributed by atoms with Crippen LogP contribution in [0.15, 0.2) is 25.0 Å². The number of nitriles is 2. The van der Waals surface area contributed by atoms with Crippen molar-refractivity contribution in [3.05, 3.63) is 25.0 Å². The van der Waals surface area contributed by atoms with Gasteiger partial charge in [-0.2, -0.15) is 10.5 Å². The molecule has 0 radical (unpaired) electrons. The van der Waals surface area contributed by atoms with Gasteiger partial charge in [-0.05, 0) is 6.42 Å². The van der Waals surface area contributed by atoms with Crippen LogP contribution in [-0.4, -0.2) is 39.2 Å². The molecule has 0 aliphatic heterocycles. The molecule has 2 aromatic heterocycles.